The monoisotopic (exact) mass is 287 g/mol. The summed E-state index contributed by atoms with van der Waals surface area (Å²) in [4.78, 5) is 12.2. The summed E-state index contributed by atoms with van der Waals surface area (Å²) in [6, 6.07) is 6.16. The van der Waals surface area contributed by atoms with Gasteiger partial charge in [0.05, 0.1) is 12.7 Å². The molecular weight excluding hydrogens is 266 g/mol. The number of hydrogen-bond acceptors (Lipinski definition) is 4. The highest BCUT2D eigenvalue weighted by molar-refractivity contribution is 5.82. The average Bonchev–Trinajstić information content (AvgIpc) is 2.47. The topological polar surface area (TPSA) is 58.6 Å². The first-order valence-corrected chi connectivity index (χ1v) is 7.74. The van der Waals surface area contributed by atoms with Crippen molar-refractivity contribution in [3.8, 4) is 5.75 Å². The molecule has 4 nitrogen and oxygen atoms in total. The minimum absolute atomic E-state index is 0.0558. The van der Waals surface area contributed by atoms with Crippen LogP contribution in [0.1, 0.15) is 36.8 Å². The van der Waals surface area contributed by atoms with E-state index in [1.807, 2.05) is 12.1 Å². The van der Waals surface area contributed by atoms with E-state index in [1.54, 1.807) is 7.11 Å². The normalized spacial score (nSPS) is 37.6. The number of ketones is 1. The Labute approximate surface area is 124 Å². The van der Waals surface area contributed by atoms with Crippen molar-refractivity contribution in [3.63, 3.8) is 0 Å². The zero-order valence-corrected chi connectivity index (χ0v) is 12.3. The van der Waals surface area contributed by atoms with Crippen LogP contribution in [0.2, 0.25) is 0 Å². The van der Waals surface area contributed by atoms with Crippen molar-refractivity contribution in [2.24, 2.45) is 0 Å². The molecule has 2 aliphatic carbocycles. The van der Waals surface area contributed by atoms with Crippen molar-refractivity contribution in [1.82, 2.24) is 5.32 Å². The van der Waals surface area contributed by atoms with Crippen LogP contribution in [-0.4, -0.2) is 36.2 Å². The molecule has 4 heteroatoms. The van der Waals surface area contributed by atoms with Gasteiger partial charge >= 0.3 is 0 Å². The van der Waals surface area contributed by atoms with Gasteiger partial charge in [0, 0.05) is 24.3 Å². The number of Topliss-reactive ketones (excluding diaryl/α,β-unsaturated/α-hetero) is 1. The van der Waals surface area contributed by atoms with E-state index in [2.05, 4.69) is 11.4 Å². The highest BCUT2D eigenvalue weighted by atomic mass is 16.5. The number of benzene rings is 1. The molecule has 0 aromatic heterocycles. The molecule has 0 spiro atoms. The van der Waals surface area contributed by atoms with Crippen molar-refractivity contribution in [3.05, 3.63) is 29.3 Å². The summed E-state index contributed by atoms with van der Waals surface area (Å²) in [6.45, 7) is 0.858. The van der Waals surface area contributed by atoms with Crippen LogP contribution < -0.4 is 10.1 Å². The van der Waals surface area contributed by atoms with Gasteiger partial charge in [-0.1, -0.05) is 6.07 Å². The lowest BCUT2D eigenvalue weighted by Gasteiger charge is -2.60. The van der Waals surface area contributed by atoms with E-state index in [0.29, 0.717) is 19.3 Å². The summed E-state index contributed by atoms with van der Waals surface area (Å²) in [6.07, 6.45) is 3.16. The molecule has 2 fully saturated rings. The van der Waals surface area contributed by atoms with E-state index in [4.69, 9.17) is 4.74 Å². The molecule has 1 aliphatic heterocycles. The molecular formula is C17H21NO3. The van der Waals surface area contributed by atoms with Crippen molar-refractivity contribution in [2.45, 2.75) is 49.2 Å². The average molecular weight is 287 g/mol. The lowest BCUT2D eigenvalue weighted by molar-refractivity contribution is -0.149. The fraction of sp³-hybridized carbons (Fsp3) is 0.588. The number of ether oxygens (including phenoxy) is 1. The molecule has 1 aromatic rings. The Balaban J connectivity index is 1.95. The van der Waals surface area contributed by atoms with Crippen molar-refractivity contribution >= 4 is 5.78 Å². The highest BCUT2D eigenvalue weighted by Crippen LogP contribution is 2.55. The molecule has 1 aromatic carbocycles. The Morgan fingerprint density at radius 1 is 1.38 bits per heavy atom. The molecule has 3 unspecified atom stereocenters. The number of carbonyl (C=O) groups is 1. The fourth-order valence-corrected chi connectivity index (χ4v) is 4.82. The molecule has 0 radical (unpaired) electrons. The third kappa shape index (κ3) is 1.60. The zero-order valence-electron chi connectivity index (χ0n) is 12.3. The van der Waals surface area contributed by atoms with Crippen LogP contribution in [-0.2, 0) is 16.6 Å². The number of methoxy groups -OCH3 is 1. The van der Waals surface area contributed by atoms with Gasteiger partial charge in [-0.15, -0.1) is 0 Å². The van der Waals surface area contributed by atoms with Gasteiger partial charge in [0.2, 0.25) is 0 Å². The maximum Gasteiger partial charge on any atom is 0.134 e. The van der Waals surface area contributed by atoms with Gasteiger partial charge in [0.25, 0.3) is 0 Å². The molecule has 1 saturated heterocycles. The summed E-state index contributed by atoms with van der Waals surface area (Å²) in [5.74, 6) is 1.08. The summed E-state index contributed by atoms with van der Waals surface area (Å²) in [5, 5.41) is 14.9. The van der Waals surface area contributed by atoms with Gasteiger partial charge in [0.15, 0.2) is 0 Å². The fourth-order valence-electron chi connectivity index (χ4n) is 4.82. The molecule has 4 rings (SSSR count). The largest absolute Gasteiger partial charge is 0.497 e. The second-order valence-electron chi connectivity index (χ2n) is 6.71. The first kappa shape index (κ1) is 13.3. The van der Waals surface area contributed by atoms with E-state index in [0.717, 1.165) is 30.7 Å². The molecule has 112 valence electrons. The SMILES string of the molecule is COc1ccc2c(c1)C13CCNC(C2)C1(O)CCC(=O)C3. The van der Waals surface area contributed by atoms with Gasteiger partial charge < -0.3 is 15.2 Å². The van der Waals surface area contributed by atoms with E-state index in [-0.39, 0.29) is 11.8 Å². The maximum absolute atomic E-state index is 12.2. The number of nitrogens with one attached hydrogen (secondary N) is 1. The molecule has 1 saturated carbocycles. The van der Waals surface area contributed by atoms with Crippen LogP contribution in [0.25, 0.3) is 0 Å². The number of hydrogen-bond donors (Lipinski definition) is 2. The Morgan fingerprint density at radius 3 is 3.05 bits per heavy atom. The van der Waals surface area contributed by atoms with Crippen molar-refractivity contribution in [2.75, 3.05) is 13.7 Å². The van der Waals surface area contributed by atoms with Gasteiger partial charge in [0.1, 0.15) is 11.5 Å². The Morgan fingerprint density at radius 2 is 2.24 bits per heavy atom. The molecule has 3 aliphatic rings. The van der Waals surface area contributed by atoms with Gasteiger partial charge in [-0.2, -0.15) is 0 Å². The molecule has 2 bridgehead atoms. The van der Waals surface area contributed by atoms with Gasteiger partial charge in [-0.05, 0) is 49.1 Å². The lowest BCUT2D eigenvalue weighted by Crippen LogP contribution is -2.72. The number of aliphatic hydroxyl groups is 1. The van der Waals surface area contributed by atoms with Crippen LogP contribution in [0.15, 0.2) is 18.2 Å². The van der Waals surface area contributed by atoms with Crippen LogP contribution in [0.4, 0.5) is 0 Å². The quantitative estimate of drug-likeness (QED) is 0.818. The summed E-state index contributed by atoms with van der Waals surface area (Å²) < 4.78 is 5.37. The Hall–Kier alpha value is -1.39. The summed E-state index contributed by atoms with van der Waals surface area (Å²) >= 11 is 0. The first-order valence-electron chi connectivity index (χ1n) is 7.74. The number of fused-ring (bicyclic) bond motifs is 1. The highest BCUT2D eigenvalue weighted by Gasteiger charge is 2.62. The second-order valence-corrected chi connectivity index (χ2v) is 6.71. The van der Waals surface area contributed by atoms with Crippen molar-refractivity contribution in [1.29, 1.82) is 0 Å². The second kappa shape index (κ2) is 4.31. The van der Waals surface area contributed by atoms with Gasteiger partial charge in [-0.3, -0.25) is 4.79 Å². The summed E-state index contributed by atoms with van der Waals surface area (Å²) in [7, 11) is 1.66. The number of carbonyl (C=O) groups excluding carboxylic acids is 1. The predicted molar refractivity (Wildman–Crippen MR) is 78.6 cm³/mol. The molecule has 1 heterocycles. The molecule has 2 N–H and O–H groups in total. The Kier molecular flexibility index (Phi) is 2.72. The maximum atomic E-state index is 12.2. The molecule has 21 heavy (non-hydrogen) atoms. The molecule has 0 amide bonds. The zero-order chi connectivity index (χ0) is 14.7. The van der Waals surface area contributed by atoms with Crippen molar-refractivity contribution < 1.29 is 14.6 Å². The van der Waals surface area contributed by atoms with Crippen LogP contribution in [0, 0.1) is 0 Å². The minimum Gasteiger partial charge on any atom is -0.497 e. The minimum atomic E-state index is -0.807. The lowest BCUT2D eigenvalue weighted by atomic mass is 9.50. The smallest absolute Gasteiger partial charge is 0.134 e. The standard InChI is InChI=1S/C17H21NO3/c1-21-13-3-2-11-8-15-17(20)5-4-12(19)10-16(17,6-7-18-15)14(11)9-13/h2-3,9,15,18,20H,4-8,10H2,1H3. The van der Waals surface area contributed by atoms with E-state index in [9.17, 15) is 9.90 Å². The third-order valence-electron chi connectivity index (χ3n) is 5.89. The Bertz CT molecular complexity index is 614. The summed E-state index contributed by atoms with van der Waals surface area (Å²) in [5.41, 5.74) is 1.14. The van der Waals surface area contributed by atoms with E-state index < -0.39 is 11.0 Å². The first-order chi connectivity index (χ1) is 10.1. The van der Waals surface area contributed by atoms with Gasteiger partial charge in [-0.25, -0.2) is 0 Å². The molecule has 3 atom stereocenters. The van der Waals surface area contributed by atoms with Crippen LogP contribution in [0.5, 0.6) is 5.75 Å². The van der Waals surface area contributed by atoms with E-state index >= 15 is 0 Å². The number of piperidine rings is 1. The third-order valence-corrected chi connectivity index (χ3v) is 5.89. The van der Waals surface area contributed by atoms with Crippen LogP contribution in [0.3, 0.4) is 0 Å². The van der Waals surface area contributed by atoms with Crippen LogP contribution >= 0.6 is 0 Å². The van der Waals surface area contributed by atoms with E-state index in [1.165, 1.54) is 5.56 Å². The predicted octanol–water partition coefficient (Wildman–Crippen LogP) is 1.34. The number of rotatable bonds is 1.